The predicted octanol–water partition coefficient (Wildman–Crippen LogP) is 7.61. The molecule has 0 spiro atoms. The van der Waals surface area contributed by atoms with Crippen LogP contribution in [0.15, 0.2) is 60.2 Å². The van der Waals surface area contributed by atoms with Gasteiger partial charge in [-0.2, -0.15) is 41.5 Å². The zero-order valence-corrected chi connectivity index (χ0v) is 22.4. The number of benzene rings is 2. The number of halogens is 2. The first-order valence-corrected chi connectivity index (χ1v) is 10.8. The van der Waals surface area contributed by atoms with Gasteiger partial charge in [0, 0.05) is 0 Å². The minimum absolute atomic E-state index is 0. The first kappa shape index (κ1) is 28.3. The molecule has 0 N–H and O–H groups in total. The number of hydrogen-bond acceptors (Lipinski definition) is 0. The average molecular weight is 507 g/mol. The van der Waals surface area contributed by atoms with Crippen LogP contribution in [0.5, 0.6) is 0 Å². The zero-order valence-electron chi connectivity index (χ0n) is 18.3. The van der Waals surface area contributed by atoms with Gasteiger partial charge in [0.15, 0.2) is 0 Å². The molecular formula is C26H32Cl2Zr. The fourth-order valence-electron chi connectivity index (χ4n) is 3.05. The van der Waals surface area contributed by atoms with Crippen LogP contribution in [-0.4, -0.2) is 3.21 Å². The van der Waals surface area contributed by atoms with Crippen molar-refractivity contribution in [1.29, 1.82) is 0 Å². The molecule has 0 aliphatic heterocycles. The van der Waals surface area contributed by atoms with E-state index in [1.165, 1.54) is 31.0 Å². The molecule has 1 unspecified atom stereocenters. The van der Waals surface area contributed by atoms with Crippen molar-refractivity contribution in [2.75, 3.05) is 0 Å². The molecule has 0 nitrogen and oxygen atoms in total. The van der Waals surface area contributed by atoms with E-state index in [2.05, 4.69) is 102 Å². The Morgan fingerprint density at radius 1 is 1.00 bits per heavy atom. The van der Waals surface area contributed by atoms with Crippen LogP contribution in [-0.2, 0) is 30.7 Å². The molecule has 4 rings (SSSR count). The summed E-state index contributed by atoms with van der Waals surface area (Å²) in [5, 5.41) is 0. The molecule has 29 heavy (non-hydrogen) atoms. The molecule has 2 aromatic carbocycles. The molecule has 0 fully saturated rings. The van der Waals surface area contributed by atoms with Crippen LogP contribution >= 0.6 is 24.8 Å². The molecule has 0 amide bonds. The van der Waals surface area contributed by atoms with E-state index in [0.717, 1.165) is 6.42 Å². The minimum Gasteiger partial charge on any atom is -0.179 e. The number of allylic oxidation sites excluding steroid dienone is 4. The average Bonchev–Trinajstić information content (AvgIpc) is 3.18. The normalized spacial score (nSPS) is 15.2. The van der Waals surface area contributed by atoms with Gasteiger partial charge in [-0.05, 0) is 6.42 Å². The molecule has 0 aromatic heterocycles. The van der Waals surface area contributed by atoms with Gasteiger partial charge in [0.2, 0.25) is 0 Å². The fraction of sp³-hybridized carbons (Fsp3) is 0.346. The van der Waals surface area contributed by atoms with Crippen molar-refractivity contribution < 1.29 is 24.2 Å². The summed E-state index contributed by atoms with van der Waals surface area (Å²) in [5.41, 5.74) is 7.23. The topological polar surface area (TPSA) is 0 Å². The first-order valence-electron chi connectivity index (χ1n) is 9.59. The van der Waals surface area contributed by atoms with E-state index in [4.69, 9.17) is 0 Å². The Kier molecular flexibility index (Phi) is 12.5. The van der Waals surface area contributed by atoms with Crippen molar-refractivity contribution in [2.45, 2.75) is 48.0 Å². The summed E-state index contributed by atoms with van der Waals surface area (Å²) in [6, 6.07) is 18.1. The molecule has 2 aliphatic carbocycles. The van der Waals surface area contributed by atoms with Crippen LogP contribution in [0.2, 0.25) is 0 Å². The summed E-state index contributed by atoms with van der Waals surface area (Å²) in [7, 11) is 0. The third-order valence-corrected chi connectivity index (χ3v) is 4.41. The van der Waals surface area contributed by atoms with Crippen molar-refractivity contribution in [3.8, 4) is 11.1 Å². The first-order chi connectivity index (χ1) is 12.7. The molecule has 0 radical (unpaired) electrons. The Bertz CT molecular complexity index is 810. The largest absolute Gasteiger partial charge is 0.179 e. The smallest absolute Gasteiger partial charge is 0.0253 e. The van der Waals surface area contributed by atoms with Gasteiger partial charge in [-0.15, -0.1) is 30.4 Å². The van der Waals surface area contributed by atoms with Gasteiger partial charge in [0.25, 0.3) is 0 Å². The van der Waals surface area contributed by atoms with E-state index in [0.29, 0.717) is 11.3 Å². The Morgan fingerprint density at radius 3 is 2.10 bits per heavy atom. The Balaban J connectivity index is 0.000000443. The van der Waals surface area contributed by atoms with Gasteiger partial charge in [0.1, 0.15) is 0 Å². The molecule has 0 heterocycles. The second-order valence-corrected chi connectivity index (χ2v) is 10.8. The molecule has 2 aromatic rings. The van der Waals surface area contributed by atoms with Crippen LogP contribution in [0.4, 0.5) is 0 Å². The van der Waals surface area contributed by atoms with E-state index in [-0.39, 0.29) is 24.8 Å². The Labute approximate surface area is 205 Å². The van der Waals surface area contributed by atoms with Gasteiger partial charge in [-0.3, -0.25) is 6.08 Å². The van der Waals surface area contributed by atoms with Gasteiger partial charge in [-0.25, -0.2) is 6.08 Å². The monoisotopic (exact) mass is 504 g/mol. The molecule has 0 bridgehead atoms. The van der Waals surface area contributed by atoms with Gasteiger partial charge in [-0.1, -0.05) is 74.4 Å². The third kappa shape index (κ3) is 8.87. The van der Waals surface area contributed by atoms with Gasteiger partial charge < -0.3 is 0 Å². The van der Waals surface area contributed by atoms with Crippen LogP contribution < -0.4 is 0 Å². The second kappa shape index (κ2) is 12.8. The summed E-state index contributed by atoms with van der Waals surface area (Å²) >= 11 is 1.55. The quantitative estimate of drug-likeness (QED) is 0.275. The van der Waals surface area contributed by atoms with Crippen molar-refractivity contribution in [1.82, 2.24) is 0 Å². The molecule has 3 heteroatoms. The molecule has 0 saturated carbocycles. The summed E-state index contributed by atoms with van der Waals surface area (Å²) in [6.45, 7) is 13.1. The molecule has 2 aliphatic rings. The van der Waals surface area contributed by atoms with E-state index in [1.807, 2.05) is 6.07 Å². The van der Waals surface area contributed by atoms with Crippen molar-refractivity contribution in [2.24, 2.45) is 11.3 Å². The number of rotatable bonds is 0. The molecule has 154 valence electrons. The molecule has 0 saturated heterocycles. The maximum atomic E-state index is 3.30. The van der Waals surface area contributed by atoms with Crippen molar-refractivity contribution in [3.05, 3.63) is 83.5 Å². The predicted molar refractivity (Wildman–Crippen MR) is 129 cm³/mol. The van der Waals surface area contributed by atoms with Crippen LogP contribution in [0.25, 0.3) is 11.1 Å². The van der Waals surface area contributed by atoms with Crippen LogP contribution in [0, 0.1) is 23.5 Å². The van der Waals surface area contributed by atoms with E-state index in [1.54, 1.807) is 24.2 Å². The summed E-state index contributed by atoms with van der Waals surface area (Å²) in [4.78, 5) is 0. The second-order valence-electron chi connectivity index (χ2n) is 8.37. The SMILES string of the molecule is CC1[C-]=CC(C(C)(C)C)=C1.C[C](C)=[Zr+2].Cl.Cl.[c-]1cccc2c1Cc1ccccc1-2. The zero-order chi connectivity index (χ0) is 20.0. The van der Waals surface area contributed by atoms with E-state index in [9.17, 15) is 0 Å². The van der Waals surface area contributed by atoms with Gasteiger partial charge >= 0.3 is 41.3 Å². The molecular weight excluding hydrogens is 474 g/mol. The van der Waals surface area contributed by atoms with Crippen LogP contribution in [0.3, 0.4) is 0 Å². The summed E-state index contributed by atoms with van der Waals surface area (Å²) < 4.78 is 1.51. The molecule has 1 atom stereocenters. The van der Waals surface area contributed by atoms with Crippen molar-refractivity contribution in [3.63, 3.8) is 0 Å². The van der Waals surface area contributed by atoms with Crippen LogP contribution in [0.1, 0.15) is 52.7 Å². The van der Waals surface area contributed by atoms with Crippen molar-refractivity contribution >= 4 is 28.0 Å². The Hall–Kier alpha value is -0.747. The fourth-order valence-corrected chi connectivity index (χ4v) is 3.05. The van der Waals surface area contributed by atoms with E-state index >= 15 is 0 Å². The van der Waals surface area contributed by atoms with Gasteiger partial charge in [0.05, 0.1) is 0 Å². The Morgan fingerprint density at radius 2 is 1.59 bits per heavy atom. The van der Waals surface area contributed by atoms with E-state index < -0.39 is 0 Å². The maximum Gasteiger partial charge on any atom is -0.0253 e. The maximum absolute atomic E-state index is 3.30. The summed E-state index contributed by atoms with van der Waals surface area (Å²) in [5.74, 6) is 0.522. The number of fused-ring (bicyclic) bond motifs is 3. The standard InChI is InChI=1S/C13H9.C10H15.C3H6.2ClH.Zr/c1-3-7-12-10(5-1)9-11-6-2-4-8-13(11)12;1-8-5-6-9(7-8)10(2,3)4;1-3-2;;;/h1-5,7-8H,9H2;6-8H,1-4H3;1-2H3;2*1H;/q2*-1;;;;+2. The number of hydrogen-bond donors (Lipinski definition) is 0. The summed E-state index contributed by atoms with van der Waals surface area (Å²) in [6.07, 6.45) is 8.70. The minimum atomic E-state index is 0. The third-order valence-electron chi connectivity index (χ3n) is 4.41.